The quantitative estimate of drug-likeness (QED) is 0.828. The van der Waals surface area contributed by atoms with Crippen LogP contribution in [0.2, 0.25) is 0 Å². The maximum absolute atomic E-state index is 5.91. The van der Waals surface area contributed by atoms with Crippen LogP contribution in [-0.2, 0) is 6.54 Å². The van der Waals surface area contributed by atoms with Gasteiger partial charge in [-0.15, -0.1) is 11.3 Å². The highest BCUT2D eigenvalue weighted by Gasteiger charge is 2.23. The normalized spacial score (nSPS) is 18.3. The lowest BCUT2D eigenvalue weighted by Gasteiger charge is -2.28. The second-order valence-electron chi connectivity index (χ2n) is 6.56. The van der Waals surface area contributed by atoms with Crippen molar-refractivity contribution in [2.75, 3.05) is 6.54 Å². The van der Waals surface area contributed by atoms with E-state index in [1.165, 1.54) is 44.3 Å². The first-order valence-electron chi connectivity index (χ1n) is 8.00. The second kappa shape index (κ2) is 7.53. The molecule has 0 aliphatic heterocycles. The predicted octanol–water partition coefficient (Wildman–Crippen LogP) is 3.95. The molecule has 3 nitrogen and oxygen atoms in total. The van der Waals surface area contributed by atoms with Crippen molar-refractivity contribution in [3.8, 4) is 0 Å². The third-order valence-corrected chi connectivity index (χ3v) is 5.25. The Hall–Kier alpha value is -0.450. The summed E-state index contributed by atoms with van der Waals surface area (Å²) in [5.41, 5.74) is 7.12. The first-order valence-corrected chi connectivity index (χ1v) is 8.88. The van der Waals surface area contributed by atoms with Crippen molar-refractivity contribution in [3.05, 3.63) is 16.1 Å². The lowest BCUT2D eigenvalue weighted by molar-refractivity contribution is 0.177. The van der Waals surface area contributed by atoms with Gasteiger partial charge < -0.3 is 5.73 Å². The van der Waals surface area contributed by atoms with Gasteiger partial charge >= 0.3 is 0 Å². The van der Waals surface area contributed by atoms with Crippen molar-refractivity contribution in [2.45, 2.75) is 71.5 Å². The molecular formula is C16H29N3S. The Balaban J connectivity index is 1.97. The fourth-order valence-corrected chi connectivity index (χ4v) is 3.67. The molecule has 0 radical (unpaired) electrons. The van der Waals surface area contributed by atoms with Crippen molar-refractivity contribution < 1.29 is 0 Å². The Morgan fingerprint density at radius 1 is 1.35 bits per heavy atom. The number of hydrogen-bond acceptors (Lipinski definition) is 4. The molecule has 1 saturated carbocycles. The molecule has 4 heteroatoms. The zero-order chi connectivity index (χ0) is 14.5. The fourth-order valence-electron chi connectivity index (χ4n) is 2.90. The summed E-state index contributed by atoms with van der Waals surface area (Å²) in [4.78, 5) is 7.36. The van der Waals surface area contributed by atoms with Gasteiger partial charge in [-0.05, 0) is 38.6 Å². The lowest BCUT2D eigenvalue weighted by Crippen LogP contribution is -2.34. The minimum Gasteiger partial charge on any atom is -0.322 e. The van der Waals surface area contributed by atoms with Gasteiger partial charge in [0.25, 0.3) is 0 Å². The first kappa shape index (κ1) is 15.9. The number of aromatic nitrogens is 1. The van der Waals surface area contributed by atoms with Crippen molar-refractivity contribution in [1.82, 2.24) is 9.88 Å². The highest BCUT2D eigenvalue weighted by Crippen LogP contribution is 2.26. The van der Waals surface area contributed by atoms with Gasteiger partial charge in [0.1, 0.15) is 5.01 Å². The Morgan fingerprint density at radius 2 is 2.05 bits per heavy atom. The van der Waals surface area contributed by atoms with E-state index in [-0.39, 0.29) is 6.04 Å². The van der Waals surface area contributed by atoms with E-state index >= 15 is 0 Å². The Bertz CT molecular complexity index is 394. The summed E-state index contributed by atoms with van der Waals surface area (Å²) in [6.45, 7) is 8.83. The molecule has 1 aromatic heterocycles. The highest BCUT2D eigenvalue weighted by atomic mass is 32.1. The molecule has 1 aromatic rings. The Kier molecular flexibility index (Phi) is 6.00. The smallest absolute Gasteiger partial charge is 0.109 e. The van der Waals surface area contributed by atoms with Gasteiger partial charge in [-0.1, -0.05) is 26.7 Å². The molecule has 2 N–H and O–H groups in total. The molecule has 2 rings (SSSR count). The summed E-state index contributed by atoms with van der Waals surface area (Å²) >= 11 is 1.70. The summed E-state index contributed by atoms with van der Waals surface area (Å²) in [7, 11) is 0. The van der Waals surface area contributed by atoms with Crippen LogP contribution < -0.4 is 5.73 Å². The monoisotopic (exact) mass is 295 g/mol. The van der Waals surface area contributed by atoms with Crippen LogP contribution in [0.4, 0.5) is 0 Å². The lowest BCUT2D eigenvalue weighted by atomic mass is 10.1. The van der Waals surface area contributed by atoms with Crippen molar-refractivity contribution >= 4 is 11.3 Å². The second-order valence-corrected chi connectivity index (χ2v) is 7.45. The minimum atomic E-state index is 0.0596. The van der Waals surface area contributed by atoms with E-state index in [9.17, 15) is 0 Å². The number of nitrogens with zero attached hydrogens (tertiary/aromatic N) is 2. The molecule has 1 fully saturated rings. The van der Waals surface area contributed by atoms with Crippen LogP contribution in [0.1, 0.15) is 69.6 Å². The predicted molar refractivity (Wildman–Crippen MR) is 86.8 cm³/mol. The van der Waals surface area contributed by atoms with Crippen LogP contribution in [0, 0.1) is 5.92 Å². The van der Waals surface area contributed by atoms with E-state index in [0.29, 0.717) is 0 Å². The molecule has 20 heavy (non-hydrogen) atoms. The molecule has 1 unspecified atom stereocenters. The van der Waals surface area contributed by atoms with Crippen LogP contribution in [0.15, 0.2) is 5.38 Å². The van der Waals surface area contributed by atoms with Gasteiger partial charge in [-0.2, -0.15) is 0 Å². The maximum atomic E-state index is 5.91. The fraction of sp³-hybridized carbons (Fsp3) is 0.812. The van der Waals surface area contributed by atoms with E-state index in [1.807, 2.05) is 6.92 Å². The number of rotatable bonds is 7. The number of hydrogen-bond donors (Lipinski definition) is 1. The summed E-state index contributed by atoms with van der Waals surface area (Å²) < 4.78 is 0. The van der Waals surface area contributed by atoms with Gasteiger partial charge in [-0.25, -0.2) is 4.98 Å². The van der Waals surface area contributed by atoms with E-state index in [4.69, 9.17) is 10.7 Å². The SMILES string of the molecule is CC(C)CCN(Cc1csc(C(C)N)n1)C1CCCC1. The highest BCUT2D eigenvalue weighted by molar-refractivity contribution is 7.09. The molecule has 1 aliphatic carbocycles. The maximum Gasteiger partial charge on any atom is 0.109 e. The molecule has 1 heterocycles. The molecule has 0 bridgehead atoms. The van der Waals surface area contributed by atoms with Crippen molar-refractivity contribution in [2.24, 2.45) is 11.7 Å². The van der Waals surface area contributed by atoms with Gasteiger partial charge in [0, 0.05) is 18.0 Å². The van der Waals surface area contributed by atoms with Crippen LogP contribution in [0.25, 0.3) is 0 Å². The van der Waals surface area contributed by atoms with Gasteiger partial charge in [0.05, 0.1) is 11.7 Å². The van der Waals surface area contributed by atoms with E-state index in [2.05, 4.69) is 24.1 Å². The van der Waals surface area contributed by atoms with E-state index in [1.54, 1.807) is 11.3 Å². The van der Waals surface area contributed by atoms with Gasteiger partial charge in [0.15, 0.2) is 0 Å². The molecule has 114 valence electrons. The largest absolute Gasteiger partial charge is 0.322 e. The zero-order valence-corrected chi connectivity index (χ0v) is 14.0. The van der Waals surface area contributed by atoms with Gasteiger partial charge in [-0.3, -0.25) is 4.90 Å². The standard InChI is InChI=1S/C16H29N3S/c1-12(2)8-9-19(15-6-4-5-7-15)10-14-11-20-16(18-14)13(3)17/h11-13,15H,4-10,17H2,1-3H3. The molecule has 0 amide bonds. The van der Waals surface area contributed by atoms with Crippen LogP contribution in [0.3, 0.4) is 0 Å². The molecular weight excluding hydrogens is 266 g/mol. The van der Waals surface area contributed by atoms with Gasteiger partial charge in [0.2, 0.25) is 0 Å². The van der Waals surface area contributed by atoms with Crippen LogP contribution in [-0.4, -0.2) is 22.5 Å². The molecule has 1 atom stereocenters. The Morgan fingerprint density at radius 3 is 2.60 bits per heavy atom. The zero-order valence-electron chi connectivity index (χ0n) is 13.1. The molecule has 0 spiro atoms. The summed E-state index contributed by atoms with van der Waals surface area (Å²) in [6.07, 6.45) is 6.79. The van der Waals surface area contributed by atoms with Crippen molar-refractivity contribution in [1.29, 1.82) is 0 Å². The average molecular weight is 295 g/mol. The average Bonchev–Trinajstić information content (AvgIpc) is 3.05. The third-order valence-electron chi connectivity index (χ3n) is 4.16. The van der Waals surface area contributed by atoms with E-state index in [0.717, 1.165) is 23.5 Å². The topological polar surface area (TPSA) is 42.1 Å². The summed E-state index contributed by atoms with van der Waals surface area (Å²) in [6, 6.07) is 0.832. The number of nitrogens with two attached hydrogens (primary N) is 1. The molecule has 1 aliphatic rings. The van der Waals surface area contributed by atoms with Crippen LogP contribution >= 0.6 is 11.3 Å². The molecule has 0 aromatic carbocycles. The third kappa shape index (κ3) is 4.54. The summed E-state index contributed by atoms with van der Waals surface area (Å²) in [5, 5.41) is 3.26. The first-order chi connectivity index (χ1) is 9.56. The number of thiazole rings is 1. The molecule has 0 saturated heterocycles. The Labute approximate surface area is 127 Å². The van der Waals surface area contributed by atoms with Crippen LogP contribution in [0.5, 0.6) is 0 Å². The minimum absolute atomic E-state index is 0.0596. The van der Waals surface area contributed by atoms with E-state index < -0.39 is 0 Å². The van der Waals surface area contributed by atoms with Crippen molar-refractivity contribution in [3.63, 3.8) is 0 Å². The summed E-state index contributed by atoms with van der Waals surface area (Å²) in [5.74, 6) is 0.772.